The third kappa shape index (κ3) is 7.72. The highest BCUT2D eigenvalue weighted by atomic mass is 127. The molecule has 0 atom stereocenters. The standard InChI is InChI=1S/C17H28N6S.HI/c1-13(2)7-9-18-17(19-10-8-15-6-5-11-24-15)20-12-16-22-21-14(3)23(16)4;/h5-6,11,13H,7-10,12H2,1-4H3,(H2,18,19,20);1H. The van der Waals surface area contributed by atoms with Crippen molar-refractivity contribution in [2.75, 3.05) is 13.1 Å². The molecule has 0 unspecified atom stereocenters. The summed E-state index contributed by atoms with van der Waals surface area (Å²) in [5.74, 6) is 3.29. The first kappa shape index (κ1) is 21.9. The van der Waals surface area contributed by atoms with Crippen molar-refractivity contribution in [3.63, 3.8) is 0 Å². The first-order valence-corrected chi connectivity index (χ1v) is 9.33. The van der Waals surface area contributed by atoms with Gasteiger partial charge in [0.05, 0.1) is 0 Å². The van der Waals surface area contributed by atoms with Gasteiger partial charge in [0, 0.05) is 25.0 Å². The molecule has 0 bridgehead atoms. The maximum atomic E-state index is 4.66. The molecule has 0 fully saturated rings. The lowest BCUT2D eigenvalue weighted by atomic mass is 10.1. The quantitative estimate of drug-likeness (QED) is 0.349. The molecule has 0 saturated carbocycles. The van der Waals surface area contributed by atoms with E-state index in [4.69, 9.17) is 0 Å². The average molecular weight is 476 g/mol. The van der Waals surface area contributed by atoms with Crippen LogP contribution in [0.2, 0.25) is 0 Å². The molecule has 2 heterocycles. The summed E-state index contributed by atoms with van der Waals surface area (Å²) in [5, 5.41) is 17.2. The summed E-state index contributed by atoms with van der Waals surface area (Å²) < 4.78 is 1.97. The first-order chi connectivity index (χ1) is 11.6. The molecular formula is C17H29IN6S. The van der Waals surface area contributed by atoms with Crippen LogP contribution in [-0.4, -0.2) is 33.8 Å². The molecule has 2 rings (SSSR count). The van der Waals surface area contributed by atoms with Crippen molar-refractivity contribution in [1.82, 2.24) is 25.4 Å². The minimum atomic E-state index is 0. The van der Waals surface area contributed by atoms with Gasteiger partial charge in [-0.2, -0.15) is 0 Å². The molecule has 0 aliphatic rings. The second-order valence-electron chi connectivity index (χ2n) is 6.25. The summed E-state index contributed by atoms with van der Waals surface area (Å²) in [7, 11) is 1.97. The summed E-state index contributed by atoms with van der Waals surface area (Å²) in [6.07, 6.45) is 2.13. The summed E-state index contributed by atoms with van der Waals surface area (Å²) in [5.41, 5.74) is 0. The van der Waals surface area contributed by atoms with Gasteiger partial charge >= 0.3 is 0 Å². The molecule has 0 aliphatic carbocycles. The highest BCUT2D eigenvalue weighted by Crippen LogP contribution is 2.08. The van der Waals surface area contributed by atoms with E-state index in [-0.39, 0.29) is 24.0 Å². The van der Waals surface area contributed by atoms with Gasteiger partial charge in [-0.3, -0.25) is 0 Å². The van der Waals surface area contributed by atoms with Crippen LogP contribution >= 0.6 is 35.3 Å². The van der Waals surface area contributed by atoms with Crippen LogP contribution in [0.4, 0.5) is 0 Å². The van der Waals surface area contributed by atoms with Crippen LogP contribution in [0.15, 0.2) is 22.5 Å². The van der Waals surface area contributed by atoms with Gasteiger partial charge in [0.2, 0.25) is 0 Å². The maximum absolute atomic E-state index is 4.66. The number of halogens is 1. The van der Waals surface area contributed by atoms with E-state index in [1.807, 2.05) is 18.5 Å². The fourth-order valence-corrected chi connectivity index (χ4v) is 2.86. The molecule has 2 aromatic heterocycles. The minimum Gasteiger partial charge on any atom is -0.356 e. The molecule has 8 heteroatoms. The molecular weight excluding hydrogens is 447 g/mol. The van der Waals surface area contributed by atoms with Crippen molar-refractivity contribution >= 4 is 41.3 Å². The molecule has 2 N–H and O–H groups in total. The zero-order valence-corrected chi connectivity index (χ0v) is 18.6. The Labute approximate surface area is 171 Å². The third-order valence-corrected chi connectivity index (χ3v) is 4.76. The largest absolute Gasteiger partial charge is 0.356 e. The summed E-state index contributed by atoms with van der Waals surface area (Å²) in [6, 6.07) is 4.25. The smallest absolute Gasteiger partial charge is 0.191 e. The summed E-state index contributed by atoms with van der Waals surface area (Å²) in [6.45, 7) is 8.71. The Balaban J connectivity index is 0.00000312. The van der Waals surface area contributed by atoms with Crippen molar-refractivity contribution in [2.45, 2.75) is 40.2 Å². The molecule has 6 nitrogen and oxygen atoms in total. The van der Waals surface area contributed by atoms with Gasteiger partial charge in [0.15, 0.2) is 11.8 Å². The predicted octanol–water partition coefficient (Wildman–Crippen LogP) is 3.13. The van der Waals surface area contributed by atoms with E-state index in [0.717, 1.165) is 43.5 Å². The molecule has 2 aromatic rings. The lowest BCUT2D eigenvalue weighted by molar-refractivity contribution is 0.573. The van der Waals surface area contributed by atoms with Crippen molar-refractivity contribution in [3.05, 3.63) is 34.0 Å². The van der Waals surface area contributed by atoms with Crippen LogP contribution in [-0.2, 0) is 20.0 Å². The normalized spacial score (nSPS) is 11.5. The van der Waals surface area contributed by atoms with Crippen LogP contribution in [0, 0.1) is 12.8 Å². The van der Waals surface area contributed by atoms with Crippen LogP contribution < -0.4 is 10.6 Å². The Morgan fingerprint density at radius 3 is 2.64 bits per heavy atom. The van der Waals surface area contributed by atoms with E-state index in [1.165, 1.54) is 4.88 Å². The van der Waals surface area contributed by atoms with Gasteiger partial charge in [-0.25, -0.2) is 4.99 Å². The van der Waals surface area contributed by atoms with E-state index in [2.05, 4.69) is 57.2 Å². The lowest BCUT2D eigenvalue weighted by Crippen LogP contribution is -2.39. The topological polar surface area (TPSA) is 67.1 Å². The number of nitrogens with one attached hydrogen (secondary N) is 2. The van der Waals surface area contributed by atoms with Gasteiger partial charge in [0.25, 0.3) is 0 Å². The van der Waals surface area contributed by atoms with Crippen molar-refractivity contribution in [2.24, 2.45) is 18.0 Å². The highest BCUT2D eigenvalue weighted by molar-refractivity contribution is 14.0. The fourth-order valence-electron chi connectivity index (χ4n) is 2.15. The van der Waals surface area contributed by atoms with Gasteiger partial charge in [0.1, 0.15) is 12.4 Å². The third-order valence-electron chi connectivity index (χ3n) is 3.82. The lowest BCUT2D eigenvalue weighted by Gasteiger charge is -2.13. The molecule has 0 aromatic carbocycles. The summed E-state index contributed by atoms with van der Waals surface area (Å²) >= 11 is 1.79. The van der Waals surface area contributed by atoms with Crippen LogP contribution in [0.3, 0.4) is 0 Å². The van der Waals surface area contributed by atoms with E-state index in [9.17, 15) is 0 Å². The molecule has 0 spiro atoms. The number of rotatable bonds is 8. The molecule has 140 valence electrons. The number of aliphatic imine (C=N–C) groups is 1. The fraction of sp³-hybridized carbons (Fsp3) is 0.588. The van der Waals surface area contributed by atoms with Gasteiger partial charge < -0.3 is 15.2 Å². The Hall–Kier alpha value is -1.16. The van der Waals surface area contributed by atoms with Gasteiger partial charge in [-0.1, -0.05) is 19.9 Å². The Bertz CT molecular complexity index is 636. The van der Waals surface area contributed by atoms with Crippen LogP contribution in [0.1, 0.15) is 36.8 Å². The minimum absolute atomic E-state index is 0. The van der Waals surface area contributed by atoms with Crippen LogP contribution in [0.25, 0.3) is 0 Å². The van der Waals surface area contributed by atoms with Crippen LogP contribution in [0.5, 0.6) is 0 Å². The van der Waals surface area contributed by atoms with Crippen molar-refractivity contribution in [1.29, 1.82) is 0 Å². The van der Waals surface area contributed by atoms with Gasteiger partial charge in [-0.05, 0) is 37.1 Å². The number of hydrogen-bond acceptors (Lipinski definition) is 4. The van der Waals surface area contributed by atoms with E-state index in [1.54, 1.807) is 11.3 Å². The van der Waals surface area contributed by atoms with E-state index in [0.29, 0.717) is 12.5 Å². The number of hydrogen-bond donors (Lipinski definition) is 2. The first-order valence-electron chi connectivity index (χ1n) is 8.45. The van der Waals surface area contributed by atoms with Crippen molar-refractivity contribution < 1.29 is 0 Å². The Morgan fingerprint density at radius 2 is 2.04 bits per heavy atom. The maximum Gasteiger partial charge on any atom is 0.191 e. The molecule has 0 radical (unpaired) electrons. The van der Waals surface area contributed by atoms with E-state index >= 15 is 0 Å². The average Bonchev–Trinajstić information content (AvgIpc) is 3.16. The molecule has 0 aliphatic heterocycles. The number of guanidine groups is 1. The molecule has 25 heavy (non-hydrogen) atoms. The van der Waals surface area contributed by atoms with E-state index < -0.39 is 0 Å². The number of nitrogens with zero attached hydrogens (tertiary/aromatic N) is 4. The summed E-state index contributed by atoms with van der Waals surface area (Å²) in [4.78, 5) is 6.04. The second kappa shape index (κ2) is 11.5. The number of aromatic nitrogens is 3. The monoisotopic (exact) mass is 476 g/mol. The molecule has 0 saturated heterocycles. The number of thiophene rings is 1. The second-order valence-corrected chi connectivity index (χ2v) is 7.28. The Morgan fingerprint density at radius 1 is 1.28 bits per heavy atom. The van der Waals surface area contributed by atoms with Crippen molar-refractivity contribution in [3.8, 4) is 0 Å². The van der Waals surface area contributed by atoms with Gasteiger partial charge in [-0.15, -0.1) is 45.5 Å². The number of aryl methyl sites for hydroxylation is 1. The predicted molar refractivity (Wildman–Crippen MR) is 116 cm³/mol. The highest BCUT2D eigenvalue weighted by Gasteiger charge is 2.05. The zero-order valence-electron chi connectivity index (χ0n) is 15.5. The zero-order chi connectivity index (χ0) is 17.4. The SMILES string of the molecule is Cc1nnc(CN=C(NCCc2cccs2)NCCC(C)C)n1C.I. The molecule has 0 amide bonds. The Kier molecular flexibility index (Phi) is 10.0.